The number of carbonyl (C=O) groups excluding carboxylic acids is 1. The van der Waals surface area contributed by atoms with E-state index in [1.807, 2.05) is 0 Å². The predicted molar refractivity (Wildman–Crippen MR) is 68.7 cm³/mol. The van der Waals surface area contributed by atoms with Crippen LogP contribution in [-0.4, -0.2) is 47.7 Å². The minimum atomic E-state index is -0.997. The number of ether oxygens (including phenoxy) is 1. The number of nitrogen functional groups attached to an aromatic ring is 1. The number of anilines is 1. The van der Waals surface area contributed by atoms with Crippen LogP contribution >= 0.6 is 0 Å². The van der Waals surface area contributed by atoms with E-state index in [9.17, 15) is 14.0 Å². The molecule has 1 aliphatic rings. The third-order valence-corrected chi connectivity index (χ3v) is 3.05. The summed E-state index contributed by atoms with van der Waals surface area (Å²) in [6, 6.07) is 3.86. The van der Waals surface area contributed by atoms with E-state index in [0.29, 0.717) is 6.54 Å². The molecule has 0 bridgehead atoms. The van der Waals surface area contributed by atoms with Crippen molar-refractivity contribution in [3.05, 3.63) is 29.6 Å². The first-order chi connectivity index (χ1) is 9.47. The van der Waals surface area contributed by atoms with Crippen molar-refractivity contribution < 1.29 is 23.8 Å². The van der Waals surface area contributed by atoms with Crippen LogP contribution in [0.1, 0.15) is 16.8 Å². The molecule has 1 unspecified atom stereocenters. The Labute approximate surface area is 114 Å². The molecule has 1 heterocycles. The lowest BCUT2D eigenvalue weighted by atomic mass is 10.1. The van der Waals surface area contributed by atoms with Gasteiger partial charge in [0, 0.05) is 18.8 Å². The van der Waals surface area contributed by atoms with Crippen LogP contribution in [0.15, 0.2) is 18.2 Å². The standard InChI is InChI=1S/C13H15FN2O4/c14-11-5-8(15)1-2-10(11)13(19)16-3-4-20-9(7-16)6-12(17)18/h1-2,5,9H,3-4,6-7,15H2,(H,17,18). The Balaban J connectivity index is 2.10. The van der Waals surface area contributed by atoms with Crippen LogP contribution in [0.2, 0.25) is 0 Å². The Hall–Kier alpha value is -2.15. The van der Waals surface area contributed by atoms with Crippen LogP contribution in [0.3, 0.4) is 0 Å². The molecule has 0 aromatic heterocycles. The van der Waals surface area contributed by atoms with Crippen LogP contribution in [0.5, 0.6) is 0 Å². The lowest BCUT2D eigenvalue weighted by Gasteiger charge is -2.32. The van der Waals surface area contributed by atoms with E-state index in [-0.39, 0.29) is 30.8 Å². The molecule has 0 aliphatic carbocycles. The molecule has 108 valence electrons. The van der Waals surface area contributed by atoms with E-state index < -0.39 is 23.8 Å². The van der Waals surface area contributed by atoms with E-state index in [0.717, 1.165) is 6.07 Å². The second kappa shape index (κ2) is 5.87. The molecular weight excluding hydrogens is 267 g/mol. The van der Waals surface area contributed by atoms with Crippen LogP contribution in [0, 0.1) is 5.82 Å². The van der Waals surface area contributed by atoms with Gasteiger partial charge < -0.3 is 20.5 Å². The quantitative estimate of drug-likeness (QED) is 0.797. The molecule has 3 N–H and O–H groups in total. The summed E-state index contributed by atoms with van der Waals surface area (Å²) in [7, 11) is 0. The Kier molecular flexibility index (Phi) is 4.19. The number of nitrogens with zero attached hydrogens (tertiary/aromatic N) is 1. The lowest BCUT2D eigenvalue weighted by molar-refractivity contribution is -0.141. The van der Waals surface area contributed by atoms with Crippen molar-refractivity contribution in [2.24, 2.45) is 0 Å². The number of amides is 1. The molecule has 1 aliphatic heterocycles. The number of morpholine rings is 1. The molecule has 20 heavy (non-hydrogen) atoms. The van der Waals surface area contributed by atoms with Gasteiger partial charge in [0.15, 0.2) is 0 Å². The lowest BCUT2D eigenvalue weighted by Crippen LogP contribution is -2.46. The first-order valence-electron chi connectivity index (χ1n) is 6.15. The van der Waals surface area contributed by atoms with Gasteiger partial charge in [-0.3, -0.25) is 9.59 Å². The van der Waals surface area contributed by atoms with Crippen LogP contribution in [0.25, 0.3) is 0 Å². The maximum atomic E-state index is 13.7. The van der Waals surface area contributed by atoms with E-state index in [2.05, 4.69) is 0 Å². The zero-order valence-corrected chi connectivity index (χ0v) is 10.7. The molecule has 0 saturated carbocycles. The van der Waals surface area contributed by atoms with Crippen molar-refractivity contribution in [1.82, 2.24) is 4.90 Å². The molecule has 1 fully saturated rings. The average molecular weight is 282 g/mol. The van der Waals surface area contributed by atoms with Crippen molar-refractivity contribution in [1.29, 1.82) is 0 Å². The molecule has 0 radical (unpaired) electrons. The second-order valence-corrected chi connectivity index (χ2v) is 4.58. The molecule has 7 heteroatoms. The Bertz CT molecular complexity index is 535. The highest BCUT2D eigenvalue weighted by Crippen LogP contribution is 2.17. The zero-order valence-electron chi connectivity index (χ0n) is 10.7. The maximum Gasteiger partial charge on any atom is 0.306 e. The van der Waals surface area contributed by atoms with Gasteiger partial charge >= 0.3 is 5.97 Å². The largest absolute Gasteiger partial charge is 0.481 e. The van der Waals surface area contributed by atoms with Gasteiger partial charge in [-0.05, 0) is 18.2 Å². The van der Waals surface area contributed by atoms with Crippen molar-refractivity contribution in [3.63, 3.8) is 0 Å². The molecular formula is C13H15FN2O4. The van der Waals surface area contributed by atoms with E-state index in [1.54, 1.807) is 0 Å². The van der Waals surface area contributed by atoms with Crippen molar-refractivity contribution in [2.75, 3.05) is 25.4 Å². The summed E-state index contributed by atoms with van der Waals surface area (Å²) in [5.41, 5.74) is 5.60. The van der Waals surface area contributed by atoms with Gasteiger partial charge in [-0.15, -0.1) is 0 Å². The molecule has 1 atom stereocenters. The Morgan fingerprint density at radius 3 is 2.90 bits per heavy atom. The van der Waals surface area contributed by atoms with Crippen molar-refractivity contribution >= 4 is 17.6 Å². The molecule has 6 nitrogen and oxygen atoms in total. The Morgan fingerprint density at radius 1 is 1.50 bits per heavy atom. The summed E-state index contributed by atoms with van der Waals surface area (Å²) in [6.07, 6.45) is -0.754. The zero-order chi connectivity index (χ0) is 14.7. The van der Waals surface area contributed by atoms with Gasteiger partial charge in [0.05, 0.1) is 24.7 Å². The number of rotatable bonds is 3. The highest BCUT2D eigenvalue weighted by Gasteiger charge is 2.27. The molecule has 1 aromatic rings. The van der Waals surface area contributed by atoms with Gasteiger partial charge in [0.1, 0.15) is 5.82 Å². The topological polar surface area (TPSA) is 92.9 Å². The summed E-state index contributed by atoms with van der Waals surface area (Å²) >= 11 is 0. The number of hydrogen-bond acceptors (Lipinski definition) is 4. The van der Waals surface area contributed by atoms with Crippen LogP contribution < -0.4 is 5.73 Å². The summed E-state index contributed by atoms with van der Waals surface area (Å²) in [4.78, 5) is 24.2. The van der Waals surface area contributed by atoms with Gasteiger partial charge in [0.2, 0.25) is 0 Å². The fourth-order valence-corrected chi connectivity index (χ4v) is 2.10. The number of carboxylic acids is 1. The van der Waals surface area contributed by atoms with E-state index in [1.165, 1.54) is 17.0 Å². The fraction of sp³-hybridized carbons (Fsp3) is 0.385. The number of carboxylic acid groups (broad SMARTS) is 1. The van der Waals surface area contributed by atoms with Gasteiger partial charge in [0.25, 0.3) is 5.91 Å². The van der Waals surface area contributed by atoms with Crippen molar-refractivity contribution in [2.45, 2.75) is 12.5 Å². The van der Waals surface area contributed by atoms with Gasteiger partial charge in [-0.25, -0.2) is 4.39 Å². The Morgan fingerprint density at radius 2 is 2.25 bits per heavy atom. The average Bonchev–Trinajstić information content (AvgIpc) is 2.37. The highest BCUT2D eigenvalue weighted by atomic mass is 19.1. The fourth-order valence-electron chi connectivity index (χ4n) is 2.10. The predicted octanol–water partition coefficient (Wildman–Crippen LogP) is 0.724. The molecule has 1 amide bonds. The SMILES string of the molecule is Nc1ccc(C(=O)N2CCOC(CC(=O)O)C2)c(F)c1. The number of halogens is 1. The first-order valence-corrected chi connectivity index (χ1v) is 6.15. The molecule has 0 spiro atoms. The van der Waals surface area contributed by atoms with Gasteiger partial charge in [-0.1, -0.05) is 0 Å². The number of aliphatic carboxylic acids is 1. The minimum Gasteiger partial charge on any atom is -0.481 e. The van der Waals surface area contributed by atoms with E-state index in [4.69, 9.17) is 15.6 Å². The normalized spacial score (nSPS) is 18.9. The summed E-state index contributed by atoms with van der Waals surface area (Å²) in [5.74, 6) is -2.17. The van der Waals surface area contributed by atoms with Crippen LogP contribution in [-0.2, 0) is 9.53 Å². The van der Waals surface area contributed by atoms with Gasteiger partial charge in [-0.2, -0.15) is 0 Å². The maximum absolute atomic E-state index is 13.7. The summed E-state index contributed by atoms with van der Waals surface area (Å²) < 4.78 is 19.0. The third-order valence-electron chi connectivity index (χ3n) is 3.05. The minimum absolute atomic E-state index is 0.0739. The number of benzene rings is 1. The van der Waals surface area contributed by atoms with Crippen LogP contribution in [0.4, 0.5) is 10.1 Å². The van der Waals surface area contributed by atoms with E-state index >= 15 is 0 Å². The second-order valence-electron chi connectivity index (χ2n) is 4.58. The smallest absolute Gasteiger partial charge is 0.306 e. The van der Waals surface area contributed by atoms with Crippen molar-refractivity contribution in [3.8, 4) is 0 Å². The molecule has 1 aromatic carbocycles. The monoisotopic (exact) mass is 282 g/mol. The number of carbonyl (C=O) groups is 2. The number of hydrogen-bond donors (Lipinski definition) is 2. The third kappa shape index (κ3) is 3.24. The molecule has 2 rings (SSSR count). The molecule has 1 saturated heterocycles. The number of nitrogens with two attached hydrogens (primary N) is 1. The summed E-state index contributed by atoms with van der Waals surface area (Å²) in [5, 5.41) is 8.72. The summed E-state index contributed by atoms with van der Waals surface area (Å²) in [6.45, 7) is 0.675. The first kappa shape index (κ1) is 14.3. The highest BCUT2D eigenvalue weighted by molar-refractivity contribution is 5.95.